The van der Waals surface area contributed by atoms with Crippen LogP contribution in [0.4, 0.5) is 0 Å². The number of nitrogens with one attached hydrogen (secondary N) is 1. The zero-order valence-corrected chi connectivity index (χ0v) is 11.1. The lowest BCUT2D eigenvalue weighted by Crippen LogP contribution is -2.47. The molecule has 17 heavy (non-hydrogen) atoms. The molecule has 2 unspecified atom stereocenters. The molecule has 0 aromatic carbocycles. The average molecular weight is 252 g/mol. The lowest BCUT2D eigenvalue weighted by molar-refractivity contribution is -0.0603. The molecule has 3 nitrogen and oxygen atoms in total. The van der Waals surface area contributed by atoms with Crippen molar-refractivity contribution in [2.45, 2.75) is 31.0 Å². The first-order valence-corrected chi connectivity index (χ1v) is 7.31. The van der Waals surface area contributed by atoms with Crippen LogP contribution in [0.1, 0.15) is 23.8 Å². The van der Waals surface area contributed by atoms with Crippen LogP contribution in [0.2, 0.25) is 0 Å². The van der Waals surface area contributed by atoms with Gasteiger partial charge in [0.15, 0.2) is 0 Å². The summed E-state index contributed by atoms with van der Waals surface area (Å²) >= 11 is 1.84. The molecule has 1 aromatic heterocycles. The number of nitrogens with zero attached hydrogens (tertiary/aromatic N) is 1. The van der Waals surface area contributed by atoms with Gasteiger partial charge in [0.25, 0.3) is 0 Å². The molecule has 0 spiro atoms. The maximum atomic E-state index is 5.97. The second kappa shape index (κ2) is 5.06. The smallest absolute Gasteiger partial charge is 0.0904 e. The van der Waals surface area contributed by atoms with Gasteiger partial charge in [0, 0.05) is 24.0 Å². The minimum absolute atomic E-state index is 0.299. The number of rotatable bonds is 4. The first kappa shape index (κ1) is 11.7. The Morgan fingerprint density at radius 3 is 3.12 bits per heavy atom. The van der Waals surface area contributed by atoms with E-state index in [1.54, 1.807) is 0 Å². The second-order valence-electron chi connectivity index (χ2n) is 5.03. The van der Waals surface area contributed by atoms with Gasteiger partial charge in [0.1, 0.15) is 0 Å². The molecule has 2 heterocycles. The fraction of sp³-hybridized carbons (Fsp3) is 0.692. The van der Waals surface area contributed by atoms with Crippen molar-refractivity contribution in [2.75, 3.05) is 26.7 Å². The van der Waals surface area contributed by atoms with Crippen LogP contribution in [0.25, 0.3) is 0 Å². The van der Waals surface area contributed by atoms with E-state index in [1.807, 2.05) is 11.3 Å². The van der Waals surface area contributed by atoms with Crippen molar-refractivity contribution in [3.05, 3.63) is 22.4 Å². The van der Waals surface area contributed by atoms with Gasteiger partial charge in [0.05, 0.1) is 18.8 Å². The van der Waals surface area contributed by atoms with E-state index in [0.717, 1.165) is 25.7 Å². The van der Waals surface area contributed by atoms with E-state index in [0.29, 0.717) is 12.1 Å². The van der Waals surface area contributed by atoms with E-state index in [9.17, 15) is 0 Å². The van der Waals surface area contributed by atoms with Gasteiger partial charge >= 0.3 is 0 Å². The van der Waals surface area contributed by atoms with Gasteiger partial charge in [-0.1, -0.05) is 6.07 Å². The summed E-state index contributed by atoms with van der Waals surface area (Å²) in [4.78, 5) is 3.85. The van der Waals surface area contributed by atoms with Crippen LogP contribution in [0, 0.1) is 0 Å². The molecule has 1 aromatic rings. The maximum Gasteiger partial charge on any atom is 0.0904 e. The fourth-order valence-electron chi connectivity index (χ4n) is 2.46. The minimum atomic E-state index is 0.299. The van der Waals surface area contributed by atoms with Crippen molar-refractivity contribution in [2.24, 2.45) is 0 Å². The van der Waals surface area contributed by atoms with Crippen molar-refractivity contribution in [3.63, 3.8) is 0 Å². The van der Waals surface area contributed by atoms with Crippen molar-refractivity contribution >= 4 is 11.3 Å². The van der Waals surface area contributed by atoms with Crippen LogP contribution in [-0.2, 0) is 4.74 Å². The highest BCUT2D eigenvalue weighted by Crippen LogP contribution is 2.31. The number of thiophene rings is 1. The van der Waals surface area contributed by atoms with Gasteiger partial charge in [-0.05, 0) is 31.3 Å². The number of hydrogen-bond acceptors (Lipinski definition) is 4. The molecule has 94 valence electrons. The van der Waals surface area contributed by atoms with E-state index in [4.69, 9.17) is 4.74 Å². The molecule has 1 N–H and O–H groups in total. The molecular weight excluding hydrogens is 232 g/mol. The van der Waals surface area contributed by atoms with Crippen molar-refractivity contribution in [3.8, 4) is 0 Å². The van der Waals surface area contributed by atoms with Gasteiger partial charge in [-0.2, -0.15) is 0 Å². The SMILES string of the molecule is CN1CCOC(CNC2CC2)C1c1cccs1. The molecule has 0 radical (unpaired) electrons. The Morgan fingerprint density at radius 2 is 2.41 bits per heavy atom. The Kier molecular flexibility index (Phi) is 3.47. The molecule has 2 atom stereocenters. The van der Waals surface area contributed by atoms with Crippen molar-refractivity contribution < 1.29 is 4.74 Å². The molecule has 4 heteroatoms. The van der Waals surface area contributed by atoms with E-state index in [1.165, 1.54) is 17.7 Å². The van der Waals surface area contributed by atoms with Crippen LogP contribution in [-0.4, -0.2) is 43.8 Å². The Morgan fingerprint density at radius 1 is 1.53 bits per heavy atom. The first-order chi connectivity index (χ1) is 8.34. The van der Waals surface area contributed by atoms with E-state index >= 15 is 0 Å². The van der Waals surface area contributed by atoms with Gasteiger partial charge in [0.2, 0.25) is 0 Å². The zero-order valence-electron chi connectivity index (χ0n) is 10.3. The third-order valence-corrected chi connectivity index (χ3v) is 4.57. The largest absolute Gasteiger partial charge is 0.374 e. The monoisotopic (exact) mass is 252 g/mol. The highest BCUT2D eigenvalue weighted by atomic mass is 32.1. The summed E-state index contributed by atoms with van der Waals surface area (Å²) in [5.74, 6) is 0. The summed E-state index contributed by atoms with van der Waals surface area (Å²) in [5, 5.41) is 5.75. The summed E-state index contributed by atoms with van der Waals surface area (Å²) in [6, 6.07) is 5.54. The molecule has 3 rings (SSSR count). The molecule has 0 bridgehead atoms. The minimum Gasteiger partial charge on any atom is -0.374 e. The van der Waals surface area contributed by atoms with Crippen LogP contribution in [0.3, 0.4) is 0 Å². The van der Waals surface area contributed by atoms with Crippen LogP contribution >= 0.6 is 11.3 Å². The summed E-state index contributed by atoms with van der Waals surface area (Å²) in [6.07, 6.45) is 2.98. The Bertz CT molecular complexity index is 350. The molecule has 1 aliphatic carbocycles. The number of hydrogen-bond donors (Lipinski definition) is 1. The predicted molar refractivity (Wildman–Crippen MR) is 70.5 cm³/mol. The highest BCUT2D eigenvalue weighted by Gasteiger charge is 2.33. The standard InChI is InChI=1S/C13H20N2OS/c1-15-6-7-16-11(9-14-10-4-5-10)13(15)12-3-2-8-17-12/h2-3,8,10-11,13-14H,4-7,9H2,1H3. The van der Waals surface area contributed by atoms with Gasteiger partial charge in [-0.25, -0.2) is 0 Å². The van der Waals surface area contributed by atoms with E-state index < -0.39 is 0 Å². The number of morpholine rings is 1. The topological polar surface area (TPSA) is 24.5 Å². The van der Waals surface area contributed by atoms with Crippen LogP contribution < -0.4 is 5.32 Å². The number of ether oxygens (including phenoxy) is 1. The Balaban J connectivity index is 1.69. The Labute approximate surface area is 107 Å². The molecule has 1 aliphatic heterocycles. The summed E-state index contributed by atoms with van der Waals surface area (Å²) < 4.78 is 5.97. The van der Waals surface area contributed by atoms with E-state index in [-0.39, 0.29) is 0 Å². The summed E-state index contributed by atoms with van der Waals surface area (Å²) in [7, 11) is 2.21. The molecule has 1 saturated carbocycles. The fourth-order valence-corrected chi connectivity index (χ4v) is 3.41. The van der Waals surface area contributed by atoms with Crippen molar-refractivity contribution in [1.82, 2.24) is 10.2 Å². The quantitative estimate of drug-likeness (QED) is 0.885. The number of likely N-dealkylation sites (N-methyl/N-ethyl adjacent to an activating group) is 1. The Hall–Kier alpha value is -0.420. The molecule has 2 fully saturated rings. The van der Waals surface area contributed by atoms with Gasteiger partial charge in [-0.3, -0.25) is 4.90 Å². The third kappa shape index (κ3) is 2.71. The lowest BCUT2D eigenvalue weighted by atomic mass is 10.1. The van der Waals surface area contributed by atoms with Crippen LogP contribution in [0.5, 0.6) is 0 Å². The lowest BCUT2D eigenvalue weighted by Gasteiger charge is -2.38. The van der Waals surface area contributed by atoms with Crippen molar-refractivity contribution in [1.29, 1.82) is 0 Å². The predicted octanol–water partition coefficient (Wildman–Crippen LogP) is 1.87. The molecule has 2 aliphatic rings. The third-order valence-electron chi connectivity index (χ3n) is 3.62. The van der Waals surface area contributed by atoms with E-state index in [2.05, 4.69) is 34.8 Å². The first-order valence-electron chi connectivity index (χ1n) is 6.43. The molecule has 1 saturated heterocycles. The highest BCUT2D eigenvalue weighted by molar-refractivity contribution is 7.10. The normalized spacial score (nSPS) is 30.6. The van der Waals surface area contributed by atoms with Gasteiger partial charge < -0.3 is 10.1 Å². The summed E-state index contributed by atoms with van der Waals surface area (Å²) in [6.45, 7) is 2.87. The molecule has 0 amide bonds. The average Bonchev–Trinajstić information content (AvgIpc) is 3.01. The zero-order chi connectivity index (χ0) is 11.7. The second-order valence-corrected chi connectivity index (χ2v) is 6.01. The maximum absolute atomic E-state index is 5.97. The van der Waals surface area contributed by atoms with Gasteiger partial charge in [-0.15, -0.1) is 11.3 Å². The van der Waals surface area contributed by atoms with Crippen LogP contribution in [0.15, 0.2) is 17.5 Å². The summed E-state index contributed by atoms with van der Waals surface area (Å²) in [5.41, 5.74) is 0. The molecular formula is C13H20N2OS.